The highest BCUT2D eigenvalue weighted by molar-refractivity contribution is 6.08. The lowest BCUT2D eigenvalue weighted by Crippen LogP contribution is -2.35. The summed E-state index contributed by atoms with van der Waals surface area (Å²) in [5.41, 5.74) is 14.7. The van der Waals surface area contributed by atoms with Crippen molar-refractivity contribution in [2.75, 3.05) is 18.0 Å². The zero-order chi connectivity index (χ0) is 34.3. The second kappa shape index (κ2) is 11.2. The molecule has 0 N–H and O–H groups in total. The Hall–Kier alpha value is -5.59. The number of hydrogen-bond donors (Lipinski definition) is 0. The predicted molar refractivity (Wildman–Crippen MR) is 208 cm³/mol. The van der Waals surface area contributed by atoms with E-state index in [1.54, 1.807) is 0 Å². The highest BCUT2D eigenvalue weighted by Crippen LogP contribution is 2.58. The molecule has 248 valence electrons. The van der Waals surface area contributed by atoms with Crippen LogP contribution in [0, 0.1) is 11.3 Å². The van der Waals surface area contributed by atoms with E-state index in [1.807, 2.05) is 6.07 Å². The molecule has 1 unspecified atom stereocenters. The lowest BCUT2D eigenvalue weighted by atomic mass is 9.76. The van der Waals surface area contributed by atoms with E-state index >= 15 is 0 Å². The summed E-state index contributed by atoms with van der Waals surface area (Å²) in [5.74, 6) is 0.927. The number of aryl methyl sites for hydroxylation is 2. The van der Waals surface area contributed by atoms with Crippen molar-refractivity contribution in [3.05, 3.63) is 160 Å². The summed E-state index contributed by atoms with van der Waals surface area (Å²) in [7, 11) is 0. The first-order chi connectivity index (χ1) is 25.0. The molecule has 4 aliphatic rings. The molecule has 1 saturated heterocycles. The van der Waals surface area contributed by atoms with Crippen molar-refractivity contribution in [1.29, 1.82) is 5.26 Å². The summed E-state index contributed by atoms with van der Waals surface area (Å²) in [6.45, 7) is 6.83. The molecule has 1 fully saturated rings. The predicted octanol–water partition coefficient (Wildman–Crippen LogP) is 11.1. The molecule has 51 heavy (non-hydrogen) atoms. The molecule has 6 aromatic carbocycles. The fraction of sp³-hybridized carbons (Fsp3) is 0.229. The van der Waals surface area contributed by atoms with Gasteiger partial charge in [0.1, 0.15) is 5.75 Å². The lowest BCUT2D eigenvalue weighted by molar-refractivity contribution is 0.163. The van der Waals surface area contributed by atoms with Gasteiger partial charge in [0.2, 0.25) is 0 Å². The Morgan fingerprint density at radius 3 is 2.22 bits per heavy atom. The van der Waals surface area contributed by atoms with Gasteiger partial charge in [-0.15, -0.1) is 0 Å². The normalized spacial score (nSPS) is 19.3. The van der Waals surface area contributed by atoms with E-state index in [0.29, 0.717) is 5.56 Å². The molecule has 0 amide bonds. The standard InChI is InChI=1S/C48H40N2O/c1-47(2)43-28-31(30-49)14-22-41(43)44-39-12-6-7-13-40(39)46-42(45(44)47)24-25-48(51-46,34-17-20-36(21-18-34)50-26-8-3-9-27-50)35-19-23-38-33(29-35)16-15-32-10-4-5-11-37(32)38/h4-7,10-14,17-25,28-29H,3,8-9,15-16,26-27H2,1-2H3. The molecule has 0 aromatic heterocycles. The van der Waals surface area contributed by atoms with Crippen LogP contribution in [0.2, 0.25) is 0 Å². The van der Waals surface area contributed by atoms with Gasteiger partial charge in [-0.25, -0.2) is 0 Å². The van der Waals surface area contributed by atoms with E-state index in [9.17, 15) is 5.26 Å². The average Bonchev–Trinajstić information content (AvgIpc) is 3.43. The van der Waals surface area contributed by atoms with Crippen LogP contribution >= 0.6 is 0 Å². The van der Waals surface area contributed by atoms with Gasteiger partial charge in [0, 0.05) is 46.3 Å². The van der Waals surface area contributed by atoms with Gasteiger partial charge in [-0.3, -0.25) is 0 Å². The van der Waals surface area contributed by atoms with Crippen LogP contribution in [-0.4, -0.2) is 13.1 Å². The maximum Gasteiger partial charge on any atom is 0.178 e. The van der Waals surface area contributed by atoms with Gasteiger partial charge in [0.25, 0.3) is 0 Å². The average molecular weight is 661 g/mol. The summed E-state index contributed by atoms with van der Waals surface area (Å²) >= 11 is 0. The molecule has 2 aliphatic carbocycles. The summed E-state index contributed by atoms with van der Waals surface area (Å²) < 4.78 is 7.66. The van der Waals surface area contributed by atoms with Gasteiger partial charge < -0.3 is 9.64 Å². The fourth-order valence-corrected chi connectivity index (χ4v) is 9.62. The minimum Gasteiger partial charge on any atom is -0.472 e. The largest absolute Gasteiger partial charge is 0.472 e. The third kappa shape index (κ3) is 4.42. The molecule has 0 saturated carbocycles. The molecule has 0 radical (unpaired) electrons. The van der Waals surface area contributed by atoms with Gasteiger partial charge in [0.05, 0.1) is 11.6 Å². The number of anilines is 1. The molecule has 2 heterocycles. The summed E-state index contributed by atoms with van der Waals surface area (Å²) in [5, 5.41) is 12.1. The summed E-state index contributed by atoms with van der Waals surface area (Å²) in [6, 6.07) is 42.4. The Labute approximate surface area is 300 Å². The SMILES string of the molecule is CC1(C)c2cc(C#N)ccc2-c2c1c1c(c3ccccc23)OC(c2ccc(N3CCCCC3)cc2)(c2ccc3c(c2)CCc2ccccc2-3)C=C1. The van der Waals surface area contributed by atoms with Crippen LogP contribution in [0.3, 0.4) is 0 Å². The molecule has 3 nitrogen and oxygen atoms in total. The van der Waals surface area contributed by atoms with Crippen molar-refractivity contribution in [1.82, 2.24) is 0 Å². The van der Waals surface area contributed by atoms with E-state index in [-0.39, 0.29) is 5.41 Å². The van der Waals surface area contributed by atoms with E-state index in [4.69, 9.17) is 4.74 Å². The van der Waals surface area contributed by atoms with Crippen LogP contribution in [0.25, 0.3) is 39.1 Å². The Balaban J connectivity index is 1.19. The van der Waals surface area contributed by atoms with E-state index in [2.05, 4.69) is 140 Å². The lowest BCUT2D eigenvalue weighted by Gasteiger charge is -2.39. The van der Waals surface area contributed by atoms with Crippen LogP contribution in [0.4, 0.5) is 5.69 Å². The number of rotatable bonds is 3. The number of ether oxygens (including phenoxy) is 1. The van der Waals surface area contributed by atoms with Crippen molar-refractivity contribution in [3.8, 4) is 34.1 Å². The quantitative estimate of drug-likeness (QED) is 0.190. The minimum atomic E-state index is -0.819. The minimum absolute atomic E-state index is 0.311. The van der Waals surface area contributed by atoms with Gasteiger partial charge in [-0.1, -0.05) is 105 Å². The number of hydrogen-bond acceptors (Lipinski definition) is 3. The Kier molecular flexibility index (Phi) is 6.65. The van der Waals surface area contributed by atoms with Crippen LogP contribution in [0.1, 0.15) is 77.6 Å². The first kappa shape index (κ1) is 30.3. The van der Waals surface area contributed by atoms with Crippen LogP contribution in [0.5, 0.6) is 5.75 Å². The molecule has 1 atom stereocenters. The van der Waals surface area contributed by atoms with Crippen LogP contribution in [0.15, 0.2) is 115 Å². The first-order valence-electron chi connectivity index (χ1n) is 18.6. The van der Waals surface area contributed by atoms with Crippen molar-refractivity contribution in [3.63, 3.8) is 0 Å². The summed E-state index contributed by atoms with van der Waals surface area (Å²) in [6.07, 6.45) is 10.5. The third-order valence-electron chi connectivity index (χ3n) is 12.2. The van der Waals surface area contributed by atoms with E-state index < -0.39 is 5.60 Å². The van der Waals surface area contributed by atoms with Crippen molar-refractivity contribution in [2.24, 2.45) is 0 Å². The van der Waals surface area contributed by atoms with Gasteiger partial charge in [-0.05, 0) is 112 Å². The second-order valence-electron chi connectivity index (χ2n) is 15.3. The molecular weight excluding hydrogens is 621 g/mol. The molecule has 6 aromatic rings. The Morgan fingerprint density at radius 1 is 0.686 bits per heavy atom. The van der Waals surface area contributed by atoms with Crippen molar-refractivity contribution < 1.29 is 4.74 Å². The van der Waals surface area contributed by atoms with E-state index in [0.717, 1.165) is 53.8 Å². The molecule has 3 heteroatoms. The molecule has 2 aliphatic heterocycles. The molecule has 0 bridgehead atoms. The second-order valence-corrected chi connectivity index (χ2v) is 15.3. The van der Waals surface area contributed by atoms with Crippen LogP contribution in [-0.2, 0) is 23.9 Å². The smallest absolute Gasteiger partial charge is 0.178 e. The van der Waals surface area contributed by atoms with Gasteiger partial charge >= 0.3 is 0 Å². The highest BCUT2D eigenvalue weighted by Gasteiger charge is 2.44. The number of nitriles is 1. The number of benzene rings is 6. The van der Waals surface area contributed by atoms with Gasteiger partial charge in [0.15, 0.2) is 5.60 Å². The molecular formula is C48H40N2O. The fourth-order valence-electron chi connectivity index (χ4n) is 9.62. The summed E-state index contributed by atoms with van der Waals surface area (Å²) in [4.78, 5) is 2.53. The highest BCUT2D eigenvalue weighted by atomic mass is 16.5. The first-order valence-corrected chi connectivity index (χ1v) is 18.6. The monoisotopic (exact) mass is 660 g/mol. The maximum absolute atomic E-state index is 9.82. The molecule has 10 rings (SSSR count). The molecule has 0 spiro atoms. The Bertz CT molecular complexity index is 2470. The Morgan fingerprint density at radius 2 is 1.39 bits per heavy atom. The van der Waals surface area contributed by atoms with E-state index in [1.165, 1.54) is 74.8 Å². The van der Waals surface area contributed by atoms with Crippen molar-refractivity contribution >= 4 is 22.5 Å². The number of fused-ring (bicyclic) bond motifs is 11. The topological polar surface area (TPSA) is 36.3 Å². The number of piperidine rings is 1. The number of nitrogens with zero attached hydrogens (tertiary/aromatic N) is 2. The zero-order valence-electron chi connectivity index (χ0n) is 29.3. The third-order valence-corrected chi connectivity index (χ3v) is 12.2. The van der Waals surface area contributed by atoms with Crippen LogP contribution < -0.4 is 9.64 Å². The maximum atomic E-state index is 9.82. The van der Waals surface area contributed by atoms with Crippen molar-refractivity contribution in [2.45, 2.75) is 57.0 Å². The zero-order valence-corrected chi connectivity index (χ0v) is 29.3. The van der Waals surface area contributed by atoms with Gasteiger partial charge in [-0.2, -0.15) is 5.26 Å².